The second kappa shape index (κ2) is 7.88. The van der Waals surface area contributed by atoms with Gasteiger partial charge in [-0.15, -0.1) is 0 Å². The highest BCUT2D eigenvalue weighted by Crippen LogP contribution is 2.21. The third-order valence-electron chi connectivity index (χ3n) is 4.51. The van der Waals surface area contributed by atoms with Crippen LogP contribution in [-0.2, 0) is 17.8 Å². The zero-order valence-corrected chi connectivity index (χ0v) is 15.1. The van der Waals surface area contributed by atoms with Crippen LogP contribution in [-0.4, -0.2) is 56.2 Å². The highest BCUT2D eigenvalue weighted by Gasteiger charge is 2.33. The van der Waals surface area contributed by atoms with E-state index < -0.39 is 12.1 Å². The number of benzene rings is 1. The molecule has 0 unspecified atom stereocenters. The molecule has 1 saturated heterocycles. The Kier molecular flexibility index (Phi) is 5.58. The summed E-state index contributed by atoms with van der Waals surface area (Å²) in [5, 5.41) is 23.5. The topological polar surface area (TPSA) is 87.8 Å². The first-order chi connectivity index (χ1) is 12.4. The lowest BCUT2D eigenvalue weighted by Gasteiger charge is -2.18. The van der Waals surface area contributed by atoms with Gasteiger partial charge in [-0.05, 0) is 37.6 Å². The molecular formula is C19H25N3O4. The highest BCUT2D eigenvalue weighted by molar-refractivity contribution is 5.70. The normalized spacial score (nSPS) is 20.6. The number of carbonyl (C=O) groups is 1. The number of likely N-dealkylation sites (tertiary alicyclic amines) is 1. The van der Waals surface area contributed by atoms with E-state index in [9.17, 15) is 9.90 Å². The Morgan fingerprint density at radius 2 is 2.00 bits per heavy atom. The Morgan fingerprint density at radius 3 is 2.65 bits per heavy atom. The maximum atomic E-state index is 10.7. The Hall–Kier alpha value is -2.38. The molecule has 0 radical (unpaired) electrons. The van der Waals surface area contributed by atoms with Crippen LogP contribution in [0.15, 0.2) is 36.5 Å². The summed E-state index contributed by atoms with van der Waals surface area (Å²) < 4.78 is 7.90. The molecule has 140 valence electrons. The Balaban J connectivity index is 1.58. The van der Waals surface area contributed by atoms with E-state index in [1.807, 2.05) is 10.7 Å². The fraction of sp³-hybridized carbons (Fsp3) is 0.474. The first-order valence-corrected chi connectivity index (χ1v) is 8.82. The van der Waals surface area contributed by atoms with Crippen LogP contribution in [0, 0.1) is 0 Å². The molecule has 2 aromatic rings. The molecule has 0 spiro atoms. The van der Waals surface area contributed by atoms with Gasteiger partial charge in [0.15, 0.2) is 0 Å². The molecule has 1 aliphatic heterocycles. The number of rotatable bonds is 7. The van der Waals surface area contributed by atoms with Crippen LogP contribution in [0.1, 0.15) is 31.1 Å². The van der Waals surface area contributed by atoms with Crippen molar-refractivity contribution in [2.45, 2.75) is 45.1 Å². The van der Waals surface area contributed by atoms with Crippen LogP contribution in [0.3, 0.4) is 0 Å². The average molecular weight is 359 g/mol. The van der Waals surface area contributed by atoms with E-state index in [1.165, 1.54) is 0 Å². The van der Waals surface area contributed by atoms with Gasteiger partial charge in [-0.25, -0.2) is 0 Å². The van der Waals surface area contributed by atoms with Crippen LogP contribution >= 0.6 is 0 Å². The minimum absolute atomic E-state index is 0.0103. The van der Waals surface area contributed by atoms with Crippen molar-refractivity contribution in [1.29, 1.82) is 0 Å². The third kappa shape index (κ3) is 4.42. The van der Waals surface area contributed by atoms with Crippen LogP contribution in [0.25, 0.3) is 0 Å². The molecule has 1 aliphatic rings. The van der Waals surface area contributed by atoms with Crippen LogP contribution in [0.5, 0.6) is 5.75 Å². The lowest BCUT2D eigenvalue weighted by Crippen LogP contribution is -2.30. The van der Waals surface area contributed by atoms with E-state index in [2.05, 4.69) is 23.8 Å². The van der Waals surface area contributed by atoms with Gasteiger partial charge >= 0.3 is 5.97 Å². The van der Waals surface area contributed by atoms with Crippen molar-refractivity contribution in [3.8, 4) is 5.75 Å². The van der Waals surface area contributed by atoms with Crippen molar-refractivity contribution >= 4 is 5.97 Å². The molecule has 2 atom stereocenters. The van der Waals surface area contributed by atoms with Crippen molar-refractivity contribution in [1.82, 2.24) is 14.7 Å². The van der Waals surface area contributed by atoms with Crippen molar-refractivity contribution in [2.24, 2.45) is 0 Å². The summed E-state index contributed by atoms with van der Waals surface area (Å²) in [7, 11) is 0. The summed E-state index contributed by atoms with van der Waals surface area (Å²) in [4.78, 5) is 12.9. The summed E-state index contributed by atoms with van der Waals surface area (Å²) in [5.41, 5.74) is 1.84. The van der Waals surface area contributed by atoms with Gasteiger partial charge in [0, 0.05) is 31.9 Å². The molecule has 0 bridgehead atoms. The molecule has 1 aromatic carbocycles. The molecule has 0 saturated carbocycles. The standard InChI is InChI=1S/C19H25N3O4/c1-13(2)22-15(7-8-20-22)10-21-11-17(23)18(12-21)26-16-5-3-14(4-6-16)9-19(24)25/h3-8,13,17-18,23H,9-12H2,1-2H3,(H,24,25)/t17-,18-/m1/s1. The number of aliphatic carboxylic acids is 1. The lowest BCUT2D eigenvalue weighted by atomic mass is 10.1. The van der Waals surface area contributed by atoms with E-state index in [0.717, 1.165) is 11.3 Å². The number of aliphatic hydroxyl groups is 1. The number of β-amino-alcohol motifs (C(OH)–C–C–N with tert-alkyl or cyclic N) is 1. The Morgan fingerprint density at radius 1 is 1.27 bits per heavy atom. The molecule has 26 heavy (non-hydrogen) atoms. The number of hydrogen-bond acceptors (Lipinski definition) is 5. The minimum Gasteiger partial charge on any atom is -0.486 e. The van der Waals surface area contributed by atoms with Gasteiger partial charge < -0.3 is 14.9 Å². The van der Waals surface area contributed by atoms with Crippen molar-refractivity contribution in [2.75, 3.05) is 13.1 Å². The first-order valence-electron chi connectivity index (χ1n) is 8.82. The second-order valence-electron chi connectivity index (χ2n) is 6.99. The first kappa shape index (κ1) is 18.4. The van der Waals surface area contributed by atoms with E-state index in [-0.39, 0.29) is 12.5 Å². The van der Waals surface area contributed by atoms with Crippen molar-refractivity contribution in [3.63, 3.8) is 0 Å². The number of carboxylic acids is 1. The van der Waals surface area contributed by atoms with Gasteiger partial charge in [-0.1, -0.05) is 12.1 Å². The summed E-state index contributed by atoms with van der Waals surface area (Å²) in [6.45, 7) is 6.07. The van der Waals surface area contributed by atoms with Gasteiger partial charge in [0.05, 0.1) is 12.1 Å². The quantitative estimate of drug-likeness (QED) is 0.783. The van der Waals surface area contributed by atoms with Gasteiger partial charge in [0.25, 0.3) is 0 Å². The number of hydrogen-bond donors (Lipinski definition) is 2. The number of ether oxygens (including phenoxy) is 1. The Bertz CT molecular complexity index is 741. The SMILES string of the molecule is CC(C)n1nccc1CN1C[C@@H](O)[C@H](Oc2ccc(CC(=O)O)cc2)C1. The second-order valence-corrected chi connectivity index (χ2v) is 6.99. The van der Waals surface area contributed by atoms with Crippen LogP contribution in [0.2, 0.25) is 0 Å². The minimum atomic E-state index is -0.860. The van der Waals surface area contributed by atoms with Gasteiger partial charge in [0.2, 0.25) is 0 Å². The maximum absolute atomic E-state index is 10.7. The monoisotopic (exact) mass is 359 g/mol. The van der Waals surface area contributed by atoms with Crippen molar-refractivity contribution < 1.29 is 19.7 Å². The van der Waals surface area contributed by atoms with Crippen molar-refractivity contribution in [3.05, 3.63) is 47.8 Å². The van der Waals surface area contributed by atoms with Gasteiger partial charge in [-0.2, -0.15) is 5.10 Å². The largest absolute Gasteiger partial charge is 0.486 e. The predicted octanol–water partition coefficient (Wildman–Crippen LogP) is 1.72. The molecule has 7 nitrogen and oxygen atoms in total. The molecule has 7 heteroatoms. The lowest BCUT2D eigenvalue weighted by molar-refractivity contribution is -0.136. The third-order valence-corrected chi connectivity index (χ3v) is 4.51. The number of carboxylic acid groups (broad SMARTS) is 1. The summed E-state index contributed by atoms with van der Waals surface area (Å²) >= 11 is 0. The molecule has 0 aliphatic carbocycles. The molecule has 1 fully saturated rings. The summed E-state index contributed by atoms with van der Waals surface area (Å²) in [6.07, 6.45) is 0.915. The zero-order chi connectivity index (χ0) is 18.7. The number of aliphatic hydroxyl groups excluding tert-OH is 1. The fourth-order valence-electron chi connectivity index (χ4n) is 3.27. The molecule has 2 heterocycles. The molecule has 1 aromatic heterocycles. The molecular weight excluding hydrogens is 334 g/mol. The van der Waals surface area contributed by atoms with E-state index in [0.29, 0.717) is 31.4 Å². The van der Waals surface area contributed by atoms with E-state index in [4.69, 9.17) is 9.84 Å². The number of nitrogens with zero attached hydrogens (tertiary/aromatic N) is 3. The van der Waals surface area contributed by atoms with Gasteiger partial charge in [0.1, 0.15) is 18.0 Å². The molecule has 3 rings (SSSR count). The Labute approximate surface area is 152 Å². The summed E-state index contributed by atoms with van der Waals surface area (Å²) in [6, 6.07) is 9.28. The summed E-state index contributed by atoms with van der Waals surface area (Å²) in [5.74, 6) is -0.224. The van der Waals surface area contributed by atoms with Crippen LogP contribution < -0.4 is 4.74 Å². The number of aromatic nitrogens is 2. The fourth-order valence-corrected chi connectivity index (χ4v) is 3.27. The van der Waals surface area contributed by atoms with Gasteiger partial charge in [-0.3, -0.25) is 14.4 Å². The van der Waals surface area contributed by atoms with E-state index in [1.54, 1.807) is 30.5 Å². The highest BCUT2D eigenvalue weighted by atomic mass is 16.5. The van der Waals surface area contributed by atoms with E-state index >= 15 is 0 Å². The smallest absolute Gasteiger partial charge is 0.307 e. The molecule has 0 amide bonds. The van der Waals surface area contributed by atoms with Crippen LogP contribution in [0.4, 0.5) is 0 Å². The molecule has 2 N–H and O–H groups in total. The zero-order valence-electron chi connectivity index (χ0n) is 15.1. The average Bonchev–Trinajstić information content (AvgIpc) is 3.16. The maximum Gasteiger partial charge on any atom is 0.307 e. The predicted molar refractivity (Wildman–Crippen MR) is 96.1 cm³/mol.